The number of fused-ring (bicyclic) bond motifs is 1. The highest BCUT2D eigenvalue weighted by Gasteiger charge is 2.08. The lowest BCUT2D eigenvalue weighted by Crippen LogP contribution is -1.97. The second-order valence-electron chi connectivity index (χ2n) is 4.21. The van der Waals surface area contributed by atoms with Crippen LogP contribution in [0.1, 0.15) is 18.4 Å². The number of carboxylic acids is 1. The molecule has 0 radical (unpaired) electrons. The van der Waals surface area contributed by atoms with E-state index in [0.717, 1.165) is 16.5 Å². The first-order chi connectivity index (χ1) is 9.11. The summed E-state index contributed by atoms with van der Waals surface area (Å²) in [5.41, 5.74) is 1.72. The van der Waals surface area contributed by atoms with Gasteiger partial charge in [0.1, 0.15) is 0 Å². The Balaban J connectivity index is 2.27. The third kappa shape index (κ3) is 3.15. The fraction of sp³-hybridized carbons (Fsp3) is 0.286. The van der Waals surface area contributed by atoms with Gasteiger partial charge in [-0.3, -0.25) is 4.79 Å². The molecule has 0 amide bonds. The summed E-state index contributed by atoms with van der Waals surface area (Å²) in [5.74, 6) is -0.245. The van der Waals surface area contributed by atoms with Crippen molar-refractivity contribution in [3.05, 3.63) is 34.9 Å². The SMILES string of the molecule is COc1ccc2c(Cl)c(CCCC(=O)O)ccc2n1. The molecular formula is C14H14ClNO3. The molecule has 1 aromatic heterocycles. The van der Waals surface area contributed by atoms with Crippen LogP contribution in [-0.2, 0) is 11.2 Å². The summed E-state index contributed by atoms with van der Waals surface area (Å²) in [6.07, 6.45) is 1.37. The van der Waals surface area contributed by atoms with Gasteiger partial charge in [0, 0.05) is 17.9 Å². The lowest BCUT2D eigenvalue weighted by molar-refractivity contribution is -0.137. The van der Waals surface area contributed by atoms with Crippen LogP contribution in [-0.4, -0.2) is 23.2 Å². The molecule has 0 aliphatic carbocycles. The predicted molar refractivity (Wildman–Crippen MR) is 73.9 cm³/mol. The number of benzene rings is 1. The predicted octanol–water partition coefficient (Wildman–Crippen LogP) is 3.30. The number of aliphatic carboxylic acids is 1. The van der Waals surface area contributed by atoms with Crippen LogP contribution < -0.4 is 4.74 Å². The molecule has 1 aromatic carbocycles. The molecule has 0 bridgehead atoms. The van der Waals surface area contributed by atoms with E-state index in [4.69, 9.17) is 21.4 Å². The lowest BCUT2D eigenvalue weighted by atomic mass is 10.1. The summed E-state index contributed by atoms with van der Waals surface area (Å²) in [7, 11) is 1.57. The minimum atomic E-state index is -0.789. The zero-order chi connectivity index (χ0) is 13.8. The number of nitrogens with zero attached hydrogens (tertiary/aromatic N) is 1. The number of carboxylic acid groups (broad SMARTS) is 1. The number of pyridine rings is 1. The highest BCUT2D eigenvalue weighted by molar-refractivity contribution is 6.36. The molecule has 0 aliphatic heterocycles. The number of carbonyl (C=O) groups is 1. The fourth-order valence-corrected chi connectivity index (χ4v) is 2.25. The van der Waals surface area contributed by atoms with Crippen molar-refractivity contribution >= 4 is 28.5 Å². The Labute approximate surface area is 116 Å². The van der Waals surface area contributed by atoms with Crippen LogP contribution in [0.5, 0.6) is 5.88 Å². The number of hydrogen-bond acceptors (Lipinski definition) is 3. The molecule has 2 rings (SSSR count). The standard InChI is InChI=1S/C14H14ClNO3/c1-19-12-8-6-10-11(16-12)7-5-9(14(10)15)3-2-4-13(17)18/h5-8H,2-4H2,1H3,(H,17,18). The molecule has 2 aromatic rings. The number of rotatable bonds is 5. The van der Waals surface area contributed by atoms with E-state index in [1.54, 1.807) is 13.2 Å². The second kappa shape index (κ2) is 5.89. The van der Waals surface area contributed by atoms with E-state index < -0.39 is 5.97 Å². The van der Waals surface area contributed by atoms with Crippen molar-refractivity contribution in [1.29, 1.82) is 0 Å². The maximum Gasteiger partial charge on any atom is 0.303 e. The summed E-state index contributed by atoms with van der Waals surface area (Å²) in [6.45, 7) is 0. The van der Waals surface area contributed by atoms with Gasteiger partial charge in [0.05, 0.1) is 17.6 Å². The second-order valence-corrected chi connectivity index (χ2v) is 4.58. The van der Waals surface area contributed by atoms with Crippen LogP contribution in [0, 0.1) is 0 Å². The summed E-state index contributed by atoms with van der Waals surface area (Å²) in [5, 5.41) is 10.1. The van der Waals surface area contributed by atoms with Crippen molar-refractivity contribution in [2.75, 3.05) is 7.11 Å². The van der Waals surface area contributed by atoms with Crippen LogP contribution in [0.3, 0.4) is 0 Å². The average molecular weight is 280 g/mol. The van der Waals surface area contributed by atoms with Crippen molar-refractivity contribution in [2.24, 2.45) is 0 Å². The van der Waals surface area contributed by atoms with Gasteiger partial charge in [0.25, 0.3) is 0 Å². The van der Waals surface area contributed by atoms with E-state index in [1.807, 2.05) is 18.2 Å². The van der Waals surface area contributed by atoms with Gasteiger partial charge in [0.2, 0.25) is 5.88 Å². The molecule has 19 heavy (non-hydrogen) atoms. The van der Waals surface area contributed by atoms with Crippen LogP contribution in [0.4, 0.5) is 0 Å². The van der Waals surface area contributed by atoms with Crippen molar-refractivity contribution < 1.29 is 14.6 Å². The largest absolute Gasteiger partial charge is 0.481 e. The third-order valence-corrected chi connectivity index (χ3v) is 3.35. The van der Waals surface area contributed by atoms with Gasteiger partial charge < -0.3 is 9.84 Å². The van der Waals surface area contributed by atoms with Gasteiger partial charge in [0.15, 0.2) is 0 Å². The maximum atomic E-state index is 10.5. The van der Waals surface area contributed by atoms with E-state index in [0.29, 0.717) is 23.7 Å². The zero-order valence-corrected chi connectivity index (χ0v) is 11.3. The van der Waals surface area contributed by atoms with E-state index >= 15 is 0 Å². The Morgan fingerprint density at radius 1 is 1.37 bits per heavy atom. The quantitative estimate of drug-likeness (QED) is 0.912. The fourth-order valence-electron chi connectivity index (χ4n) is 1.93. The topological polar surface area (TPSA) is 59.4 Å². The van der Waals surface area contributed by atoms with Crippen molar-refractivity contribution in [1.82, 2.24) is 4.98 Å². The molecule has 0 saturated heterocycles. The van der Waals surface area contributed by atoms with Crippen LogP contribution >= 0.6 is 11.6 Å². The molecule has 1 N–H and O–H groups in total. The van der Waals surface area contributed by atoms with Gasteiger partial charge in [-0.1, -0.05) is 17.7 Å². The summed E-state index contributed by atoms with van der Waals surface area (Å²) >= 11 is 6.32. The number of halogens is 1. The summed E-state index contributed by atoms with van der Waals surface area (Å²) in [4.78, 5) is 14.8. The van der Waals surface area contributed by atoms with Gasteiger partial charge in [-0.2, -0.15) is 0 Å². The Bertz CT molecular complexity index is 613. The molecule has 1 heterocycles. The minimum Gasteiger partial charge on any atom is -0.481 e. The molecule has 0 unspecified atom stereocenters. The van der Waals surface area contributed by atoms with Crippen LogP contribution in [0.2, 0.25) is 5.02 Å². The van der Waals surface area contributed by atoms with E-state index in [-0.39, 0.29) is 6.42 Å². The van der Waals surface area contributed by atoms with Crippen molar-refractivity contribution in [2.45, 2.75) is 19.3 Å². The monoisotopic (exact) mass is 279 g/mol. The highest BCUT2D eigenvalue weighted by atomic mass is 35.5. The van der Waals surface area contributed by atoms with Crippen molar-refractivity contribution in [3.63, 3.8) is 0 Å². The zero-order valence-electron chi connectivity index (χ0n) is 10.5. The maximum absolute atomic E-state index is 10.5. The molecule has 0 aliphatic rings. The van der Waals surface area contributed by atoms with E-state index in [2.05, 4.69) is 4.98 Å². The van der Waals surface area contributed by atoms with E-state index in [9.17, 15) is 4.79 Å². The average Bonchev–Trinajstić information content (AvgIpc) is 2.40. The third-order valence-electron chi connectivity index (χ3n) is 2.91. The van der Waals surface area contributed by atoms with Gasteiger partial charge in [-0.05, 0) is 30.5 Å². The van der Waals surface area contributed by atoms with Gasteiger partial charge in [-0.25, -0.2) is 4.98 Å². The molecule has 0 atom stereocenters. The number of ether oxygens (including phenoxy) is 1. The number of methoxy groups -OCH3 is 1. The van der Waals surface area contributed by atoms with Crippen LogP contribution in [0.15, 0.2) is 24.3 Å². The Morgan fingerprint density at radius 2 is 2.16 bits per heavy atom. The lowest BCUT2D eigenvalue weighted by Gasteiger charge is -2.08. The first-order valence-corrected chi connectivity index (χ1v) is 6.33. The Hall–Kier alpha value is -1.81. The molecule has 0 saturated carbocycles. The Morgan fingerprint density at radius 3 is 2.84 bits per heavy atom. The summed E-state index contributed by atoms with van der Waals surface area (Å²) in [6, 6.07) is 7.39. The first kappa shape index (κ1) is 13.6. The molecule has 0 fully saturated rings. The molecule has 0 spiro atoms. The van der Waals surface area contributed by atoms with Crippen molar-refractivity contribution in [3.8, 4) is 5.88 Å². The number of aryl methyl sites for hydroxylation is 1. The molecule has 100 valence electrons. The minimum absolute atomic E-state index is 0.148. The number of aromatic nitrogens is 1. The van der Waals surface area contributed by atoms with Gasteiger partial charge >= 0.3 is 5.97 Å². The molecular weight excluding hydrogens is 266 g/mol. The number of hydrogen-bond donors (Lipinski definition) is 1. The summed E-state index contributed by atoms with van der Waals surface area (Å²) < 4.78 is 5.06. The van der Waals surface area contributed by atoms with E-state index in [1.165, 1.54) is 0 Å². The smallest absolute Gasteiger partial charge is 0.303 e. The van der Waals surface area contributed by atoms with Gasteiger partial charge in [-0.15, -0.1) is 0 Å². The molecule has 5 heteroatoms. The Kier molecular flexibility index (Phi) is 4.22. The van der Waals surface area contributed by atoms with Crippen LogP contribution in [0.25, 0.3) is 10.9 Å². The molecule has 4 nitrogen and oxygen atoms in total. The first-order valence-electron chi connectivity index (χ1n) is 5.95. The normalized spacial score (nSPS) is 10.6. The highest BCUT2D eigenvalue weighted by Crippen LogP contribution is 2.28.